The van der Waals surface area contributed by atoms with E-state index < -0.39 is 5.82 Å². The average Bonchev–Trinajstić information content (AvgIpc) is 2.53. The molecule has 2 aromatic rings. The van der Waals surface area contributed by atoms with E-state index in [4.69, 9.17) is 4.74 Å². The van der Waals surface area contributed by atoms with Gasteiger partial charge in [0.1, 0.15) is 17.4 Å². The molecule has 0 atom stereocenters. The fourth-order valence-electron chi connectivity index (χ4n) is 3.12. The highest BCUT2D eigenvalue weighted by atomic mass is 19.1. The van der Waals surface area contributed by atoms with Crippen molar-refractivity contribution in [3.63, 3.8) is 0 Å². The third-order valence-electron chi connectivity index (χ3n) is 4.08. The number of aryl methyl sites for hydroxylation is 2. The molecule has 1 amide bonds. The minimum Gasteiger partial charge on any atom is -0.496 e. The van der Waals surface area contributed by atoms with E-state index in [1.54, 1.807) is 11.8 Å². The summed E-state index contributed by atoms with van der Waals surface area (Å²) >= 11 is 0. The highest BCUT2D eigenvalue weighted by Gasteiger charge is 2.27. The number of hydrogen-bond donors (Lipinski definition) is 0. The SMILES string of the molecule is COc1ccc(F)cc1C(=O)N1CCCc2cc(F)cc(C)c21. The molecule has 0 N–H and O–H groups in total. The maximum atomic E-state index is 13.6. The highest BCUT2D eigenvalue weighted by molar-refractivity contribution is 6.08. The molecule has 2 aromatic carbocycles. The number of amides is 1. The van der Waals surface area contributed by atoms with Crippen molar-refractivity contribution in [1.82, 2.24) is 0 Å². The van der Waals surface area contributed by atoms with Gasteiger partial charge in [-0.1, -0.05) is 0 Å². The maximum Gasteiger partial charge on any atom is 0.262 e. The van der Waals surface area contributed by atoms with Crippen LogP contribution in [0.25, 0.3) is 0 Å². The van der Waals surface area contributed by atoms with Crippen molar-refractivity contribution in [2.45, 2.75) is 19.8 Å². The average molecular weight is 317 g/mol. The monoisotopic (exact) mass is 317 g/mol. The van der Waals surface area contributed by atoms with Crippen molar-refractivity contribution in [2.75, 3.05) is 18.6 Å². The molecule has 3 rings (SSSR count). The Morgan fingerprint density at radius 2 is 1.96 bits per heavy atom. The molecule has 0 fully saturated rings. The Balaban J connectivity index is 2.08. The first-order valence-electron chi connectivity index (χ1n) is 7.45. The number of methoxy groups -OCH3 is 1. The Kier molecular flexibility index (Phi) is 4.03. The highest BCUT2D eigenvalue weighted by Crippen LogP contribution is 2.34. The fourth-order valence-corrected chi connectivity index (χ4v) is 3.12. The van der Waals surface area contributed by atoms with Crippen LogP contribution < -0.4 is 9.64 Å². The summed E-state index contributed by atoms with van der Waals surface area (Å²) in [6.45, 7) is 2.29. The lowest BCUT2D eigenvalue weighted by Gasteiger charge is -2.31. The molecule has 0 spiro atoms. The molecule has 120 valence electrons. The Morgan fingerprint density at radius 3 is 2.70 bits per heavy atom. The molecule has 1 heterocycles. The lowest BCUT2D eigenvalue weighted by Crippen LogP contribution is -2.36. The van der Waals surface area contributed by atoms with Gasteiger partial charge in [-0.2, -0.15) is 0 Å². The molecule has 5 heteroatoms. The lowest BCUT2D eigenvalue weighted by atomic mass is 9.97. The van der Waals surface area contributed by atoms with Gasteiger partial charge in [0.25, 0.3) is 5.91 Å². The van der Waals surface area contributed by atoms with Crippen molar-refractivity contribution in [1.29, 1.82) is 0 Å². The Labute approximate surface area is 133 Å². The van der Waals surface area contributed by atoms with E-state index in [0.29, 0.717) is 23.5 Å². The number of anilines is 1. The number of rotatable bonds is 2. The van der Waals surface area contributed by atoms with E-state index in [0.717, 1.165) is 18.4 Å². The number of ether oxygens (including phenoxy) is 1. The summed E-state index contributed by atoms with van der Waals surface area (Å²) in [4.78, 5) is 14.5. The van der Waals surface area contributed by atoms with Crippen LogP contribution in [0.1, 0.15) is 27.9 Å². The third kappa shape index (κ3) is 2.79. The quantitative estimate of drug-likeness (QED) is 0.841. The minimum absolute atomic E-state index is 0.170. The van der Waals surface area contributed by atoms with Crippen molar-refractivity contribution < 1.29 is 18.3 Å². The molecular weight excluding hydrogens is 300 g/mol. The standard InChI is InChI=1S/C18H17F2NO2/c1-11-8-14(20)9-12-4-3-7-21(17(11)12)18(22)15-10-13(19)5-6-16(15)23-2/h5-6,8-10H,3-4,7H2,1-2H3. The summed E-state index contributed by atoms with van der Waals surface area (Å²) in [6.07, 6.45) is 1.46. The van der Waals surface area contributed by atoms with E-state index in [-0.39, 0.29) is 17.3 Å². The molecular formula is C18H17F2NO2. The molecule has 0 saturated carbocycles. The maximum absolute atomic E-state index is 13.6. The number of fused-ring (bicyclic) bond motifs is 1. The summed E-state index contributed by atoms with van der Waals surface area (Å²) in [5.74, 6) is -0.818. The predicted molar refractivity (Wildman–Crippen MR) is 84.1 cm³/mol. The first-order valence-corrected chi connectivity index (χ1v) is 7.45. The van der Waals surface area contributed by atoms with Gasteiger partial charge >= 0.3 is 0 Å². The van der Waals surface area contributed by atoms with Crippen LogP contribution >= 0.6 is 0 Å². The molecule has 23 heavy (non-hydrogen) atoms. The second kappa shape index (κ2) is 5.99. The molecule has 0 saturated heterocycles. The zero-order valence-electron chi connectivity index (χ0n) is 13.0. The van der Waals surface area contributed by atoms with Crippen LogP contribution in [0.3, 0.4) is 0 Å². The Morgan fingerprint density at radius 1 is 1.17 bits per heavy atom. The Hall–Kier alpha value is -2.43. The van der Waals surface area contributed by atoms with E-state index in [2.05, 4.69) is 0 Å². The van der Waals surface area contributed by atoms with E-state index in [1.165, 1.54) is 37.4 Å². The van der Waals surface area contributed by atoms with Crippen LogP contribution in [-0.2, 0) is 6.42 Å². The molecule has 1 aliphatic heterocycles. The minimum atomic E-state index is -0.498. The molecule has 0 bridgehead atoms. The molecule has 0 aliphatic carbocycles. The van der Waals surface area contributed by atoms with Gasteiger partial charge in [-0.25, -0.2) is 8.78 Å². The van der Waals surface area contributed by atoms with Crippen molar-refractivity contribution in [3.05, 3.63) is 58.7 Å². The second-order valence-electron chi connectivity index (χ2n) is 5.64. The number of hydrogen-bond acceptors (Lipinski definition) is 2. The molecule has 0 radical (unpaired) electrons. The number of carbonyl (C=O) groups excluding carboxylic acids is 1. The number of carbonyl (C=O) groups is 1. The molecule has 1 aliphatic rings. The fraction of sp³-hybridized carbons (Fsp3) is 0.278. The normalized spacial score (nSPS) is 13.7. The first kappa shape index (κ1) is 15.5. The summed E-state index contributed by atoms with van der Waals surface area (Å²) in [7, 11) is 1.44. The Bertz CT molecular complexity index is 774. The topological polar surface area (TPSA) is 29.5 Å². The summed E-state index contributed by atoms with van der Waals surface area (Å²) in [6, 6.07) is 6.73. The largest absolute Gasteiger partial charge is 0.496 e. The van der Waals surface area contributed by atoms with Crippen LogP contribution in [-0.4, -0.2) is 19.6 Å². The first-order chi connectivity index (χ1) is 11.0. The van der Waals surface area contributed by atoms with Gasteiger partial charge in [0.2, 0.25) is 0 Å². The van der Waals surface area contributed by atoms with Crippen LogP contribution in [0.4, 0.5) is 14.5 Å². The van der Waals surface area contributed by atoms with Crippen LogP contribution in [0.5, 0.6) is 5.75 Å². The zero-order valence-corrected chi connectivity index (χ0v) is 13.0. The number of nitrogens with zero attached hydrogens (tertiary/aromatic N) is 1. The van der Waals surface area contributed by atoms with Crippen LogP contribution in [0.2, 0.25) is 0 Å². The second-order valence-corrected chi connectivity index (χ2v) is 5.64. The van der Waals surface area contributed by atoms with Gasteiger partial charge < -0.3 is 9.64 Å². The van der Waals surface area contributed by atoms with E-state index in [9.17, 15) is 13.6 Å². The van der Waals surface area contributed by atoms with Gasteiger partial charge in [-0.3, -0.25) is 4.79 Å². The molecule has 0 unspecified atom stereocenters. The molecule has 3 nitrogen and oxygen atoms in total. The molecule has 0 aromatic heterocycles. The van der Waals surface area contributed by atoms with Crippen LogP contribution in [0.15, 0.2) is 30.3 Å². The van der Waals surface area contributed by atoms with Crippen molar-refractivity contribution >= 4 is 11.6 Å². The summed E-state index contributed by atoms with van der Waals surface area (Å²) in [5, 5.41) is 0. The van der Waals surface area contributed by atoms with Gasteiger partial charge in [0.15, 0.2) is 0 Å². The summed E-state index contributed by atoms with van der Waals surface area (Å²) in [5.41, 5.74) is 2.39. The summed E-state index contributed by atoms with van der Waals surface area (Å²) < 4.78 is 32.3. The van der Waals surface area contributed by atoms with Crippen LogP contribution in [0, 0.1) is 18.6 Å². The van der Waals surface area contributed by atoms with Crippen molar-refractivity contribution in [3.8, 4) is 5.75 Å². The third-order valence-corrected chi connectivity index (χ3v) is 4.08. The lowest BCUT2D eigenvalue weighted by molar-refractivity contribution is 0.0981. The number of benzene rings is 2. The van der Waals surface area contributed by atoms with Gasteiger partial charge in [-0.15, -0.1) is 0 Å². The zero-order chi connectivity index (χ0) is 16.6. The van der Waals surface area contributed by atoms with Gasteiger partial charge in [0, 0.05) is 6.54 Å². The van der Waals surface area contributed by atoms with Gasteiger partial charge in [-0.05, 0) is 61.2 Å². The number of halogens is 2. The van der Waals surface area contributed by atoms with Crippen molar-refractivity contribution in [2.24, 2.45) is 0 Å². The van der Waals surface area contributed by atoms with E-state index in [1.807, 2.05) is 0 Å². The predicted octanol–water partition coefficient (Wildman–Crippen LogP) is 3.87. The smallest absolute Gasteiger partial charge is 0.262 e. The van der Waals surface area contributed by atoms with Gasteiger partial charge in [0.05, 0.1) is 18.4 Å². The van der Waals surface area contributed by atoms with E-state index >= 15 is 0 Å².